The van der Waals surface area contributed by atoms with E-state index in [1.54, 1.807) is 0 Å². The fourth-order valence-electron chi connectivity index (χ4n) is 1.88. The van der Waals surface area contributed by atoms with E-state index in [4.69, 9.17) is 0 Å². The molecule has 1 unspecified atom stereocenters. The van der Waals surface area contributed by atoms with Gasteiger partial charge in [0.25, 0.3) is 0 Å². The Bertz CT molecular complexity index is 343. The molecular formula is C10H13NOS. The van der Waals surface area contributed by atoms with Gasteiger partial charge in [0.05, 0.1) is 0 Å². The van der Waals surface area contributed by atoms with E-state index in [2.05, 4.69) is 25.2 Å². The quantitative estimate of drug-likeness (QED) is 0.729. The van der Waals surface area contributed by atoms with Crippen LogP contribution in [0.4, 0.5) is 0 Å². The van der Waals surface area contributed by atoms with E-state index in [1.807, 2.05) is 11.3 Å². The topological polar surface area (TPSA) is 29.1 Å². The van der Waals surface area contributed by atoms with Crippen molar-refractivity contribution in [2.24, 2.45) is 0 Å². The molecule has 2 rings (SSSR count). The molecule has 13 heavy (non-hydrogen) atoms. The molecule has 0 radical (unpaired) electrons. The lowest BCUT2D eigenvalue weighted by Crippen LogP contribution is -2.13. The van der Waals surface area contributed by atoms with Crippen LogP contribution in [-0.2, 0) is 4.79 Å². The number of nitrogens with one attached hydrogen (secondary N) is 1. The first-order valence-corrected chi connectivity index (χ1v) is 5.32. The maximum atomic E-state index is 11.0. The average Bonchev–Trinajstić information content (AvgIpc) is 2.58. The normalized spacial score (nSPS) is 22.0. The van der Waals surface area contributed by atoms with Crippen LogP contribution in [0, 0.1) is 13.8 Å². The number of rotatable bonds is 1. The zero-order valence-corrected chi connectivity index (χ0v) is 8.70. The Balaban J connectivity index is 2.25. The SMILES string of the molecule is Cc1cc(C2CNC(=O)C2)c(C)s1. The minimum atomic E-state index is 0.188. The molecule has 0 saturated carbocycles. The fraction of sp³-hybridized carbons (Fsp3) is 0.500. The van der Waals surface area contributed by atoms with Crippen molar-refractivity contribution < 1.29 is 4.79 Å². The summed E-state index contributed by atoms with van der Waals surface area (Å²) in [5, 5.41) is 2.87. The predicted molar refractivity (Wildman–Crippen MR) is 54.2 cm³/mol. The lowest BCUT2D eigenvalue weighted by atomic mass is 9.99. The second-order valence-corrected chi connectivity index (χ2v) is 5.03. The molecule has 2 heterocycles. The highest BCUT2D eigenvalue weighted by Crippen LogP contribution is 2.31. The van der Waals surface area contributed by atoms with Crippen molar-refractivity contribution in [3.63, 3.8) is 0 Å². The molecule has 1 aromatic heterocycles. The van der Waals surface area contributed by atoms with E-state index in [-0.39, 0.29) is 5.91 Å². The zero-order chi connectivity index (χ0) is 9.42. The second kappa shape index (κ2) is 3.14. The summed E-state index contributed by atoms with van der Waals surface area (Å²) in [4.78, 5) is 13.7. The number of carbonyl (C=O) groups is 1. The van der Waals surface area contributed by atoms with Gasteiger partial charge >= 0.3 is 0 Å². The minimum absolute atomic E-state index is 0.188. The van der Waals surface area contributed by atoms with Crippen LogP contribution in [0.25, 0.3) is 0 Å². The molecular weight excluding hydrogens is 182 g/mol. The molecule has 0 bridgehead atoms. The van der Waals surface area contributed by atoms with Gasteiger partial charge < -0.3 is 5.32 Å². The highest BCUT2D eigenvalue weighted by molar-refractivity contribution is 7.12. The smallest absolute Gasteiger partial charge is 0.220 e. The third-order valence-corrected chi connectivity index (χ3v) is 3.48. The molecule has 3 heteroatoms. The van der Waals surface area contributed by atoms with Crippen molar-refractivity contribution in [3.05, 3.63) is 21.4 Å². The third kappa shape index (κ3) is 1.61. The number of thiophene rings is 1. The first kappa shape index (κ1) is 8.75. The van der Waals surface area contributed by atoms with Crippen LogP contribution in [0.2, 0.25) is 0 Å². The summed E-state index contributed by atoms with van der Waals surface area (Å²) in [6.07, 6.45) is 0.664. The van der Waals surface area contributed by atoms with E-state index >= 15 is 0 Å². The van der Waals surface area contributed by atoms with E-state index in [1.165, 1.54) is 15.3 Å². The Morgan fingerprint density at radius 1 is 1.54 bits per heavy atom. The van der Waals surface area contributed by atoms with Crippen LogP contribution in [0.5, 0.6) is 0 Å². The van der Waals surface area contributed by atoms with Crippen molar-refractivity contribution >= 4 is 17.2 Å². The first-order valence-electron chi connectivity index (χ1n) is 4.50. The van der Waals surface area contributed by atoms with Crippen LogP contribution in [0.15, 0.2) is 6.07 Å². The van der Waals surface area contributed by atoms with E-state index < -0.39 is 0 Å². The number of hydrogen-bond acceptors (Lipinski definition) is 2. The standard InChI is InChI=1S/C10H13NOS/c1-6-3-9(7(2)13-6)8-4-10(12)11-5-8/h3,8H,4-5H2,1-2H3,(H,11,12). The summed E-state index contributed by atoms with van der Waals surface area (Å²) in [5.74, 6) is 0.603. The van der Waals surface area contributed by atoms with Crippen LogP contribution in [-0.4, -0.2) is 12.5 Å². The Morgan fingerprint density at radius 2 is 2.31 bits per heavy atom. The Hall–Kier alpha value is -0.830. The molecule has 1 aliphatic heterocycles. The number of carbonyl (C=O) groups excluding carboxylic acids is 1. The Morgan fingerprint density at radius 3 is 2.77 bits per heavy atom. The van der Waals surface area contributed by atoms with E-state index in [9.17, 15) is 4.79 Å². The molecule has 70 valence electrons. The van der Waals surface area contributed by atoms with Gasteiger partial charge in [-0.2, -0.15) is 0 Å². The van der Waals surface area contributed by atoms with Gasteiger partial charge in [0.2, 0.25) is 5.91 Å². The van der Waals surface area contributed by atoms with Crippen molar-refractivity contribution in [2.75, 3.05) is 6.54 Å². The molecule has 0 aliphatic carbocycles. The molecule has 1 saturated heterocycles. The van der Waals surface area contributed by atoms with Gasteiger partial charge in [0, 0.05) is 28.6 Å². The lowest BCUT2D eigenvalue weighted by Gasteiger charge is -2.05. The highest BCUT2D eigenvalue weighted by Gasteiger charge is 2.24. The zero-order valence-electron chi connectivity index (χ0n) is 7.89. The van der Waals surface area contributed by atoms with Gasteiger partial charge in [-0.1, -0.05) is 0 Å². The Kier molecular flexibility index (Phi) is 2.12. The predicted octanol–water partition coefficient (Wildman–Crippen LogP) is 1.97. The summed E-state index contributed by atoms with van der Waals surface area (Å²) < 4.78 is 0. The van der Waals surface area contributed by atoms with Gasteiger partial charge in [-0.25, -0.2) is 0 Å². The van der Waals surface area contributed by atoms with Gasteiger partial charge in [0.1, 0.15) is 0 Å². The lowest BCUT2D eigenvalue weighted by molar-refractivity contribution is -0.119. The number of aryl methyl sites for hydroxylation is 2. The summed E-state index contributed by atoms with van der Waals surface area (Å²) in [6, 6.07) is 2.21. The van der Waals surface area contributed by atoms with Crippen molar-refractivity contribution in [3.8, 4) is 0 Å². The maximum Gasteiger partial charge on any atom is 0.220 e. The highest BCUT2D eigenvalue weighted by atomic mass is 32.1. The fourth-order valence-corrected chi connectivity index (χ4v) is 2.89. The van der Waals surface area contributed by atoms with E-state index in [0.29, 0.717) is 12.3 Å². The minimum Gasteiger partial charge on any atom is -0.355 e. The maximum absolute atomic E-state index is 11.0. The molecule has 1 atom stereocenters. The van der Waals surface area contributed by atoms with Crippen LogP contribution < -0.4 is 5.32 Å². The third-order valence-electron chi connectivity index (χ3n) is 2.50. The first-order chi connectivity index (χ1) is 6.16. The largest absolute Gasteiger partial charge is 0.355 e. The Labute approximate surface area is 82.0 Å². The van der Waals surface area contributed by atoms with E-state index in [0.717, 1.165) is 6.54 Å². The molecule has 0 aromatic carbocycles. The van der Waals surface area contributed by atoms with Crippen molar-refractivity contribution in [1.82, 2.24) is 5.32 Å². The summed E-state index contributed by atoms with van der Waals surface area (Å²) in [7, 11) is 0. The van der Waals surface area contributed by atoms with Crippen molar-refractivity contribution in [1.29, 1.82) is 0 Å². The number of amides is 1. The molecule has 1 fully saturated rings. The average molecular weight is 195 g/mol. The molecule has 1 aromatic rings. The van der Waals surface area contributed by atoms with Crippen molar-refractivity contribution in [2.45, 2.75) is 26.2 Å². The monoisotopic (exact) mass is 195 g/mol. The van der Waals surface area contributed by atoms with Gasteiger partial charge in [0.15, 0.2) is 0 Å². The van der Waals surface area contributed by atoms with Gasteiger partial charge in [-0.05, 0) is 25.5 Å². The van der Waals surface area contributed by atoms with Gasteiger partial charge in [-0.3, -0.25) is 4.79 Å². The van der Waals surface area contributed by atoms with Crippen LogP contribution >= 0.6 is 11.3 Å². The molecule has 0 spiro atoms. The molecule has 1 N–H and O–H groups in total. The summed E-state index contributed by atoms with van der Waals surface area (Å²) in [6.45, 7) is 5.07. The molecule has 2 nitrogen and oxygen atoms in total. The summed E-state index contributed by atoms with van der Waals surface area (Å²) >= 11 is 1.82. The summed E-state index contributed by atoms with van der Waals surface area (Å²) in [5.41, 5.74) is 1.36. The number of hydrogen-bond donors (Lipinski definition) is 1. The molecule has 1 aliphatic rings. The van der Waals surface area contributed by atoms with Gasteiger partial charge in [-0.15, -0.1) is 11.3 Å². The molecule has 1 amide bonds. The second-order valence-electron chi connectivity index (χ2n) is 3.57. The van der Waals surface area contributed by atoms with Crippen LogP contribution in [0.3, 0.4) is 0 Å². The van der Waals surface area contributed by atoms with Crippen LogP contribution in [0.1, 0.15) is 27.7 Å².